The first-order valence-corrected chi connectivity index (χ1v) is 5.21. The van der Waals surface area contributed by atoms with Gasteiger partial charge in [0, 0.05) is 5.41 Å². The molecular weight excluding hydrogens is 224 g/mol. The Bertz CT molecular complexity index is 368. The lowest BCUT2D eigenvalue weighted by Crippen LogP contribution is -2.25. The molecule has 0 unspecified atom stereocenters. The van der Waals surface area contributed by atoms with E-state index < -0.39 is 0 Å². The van der Waals surface area contributed by atoms with Crippen LogP contribution in [0.3, 0.4) is 0 Å². The van der Waals surface area contributed by atoms with Gasteiger partial charge in [0.05, 0.1) is 33.6 Å². The van der Waals surface area contributed by atoms with Gasteiger partial charge in [-0.1, -0.05) is 13.8 Å². The van der Waals surface area contributed by atoms with Gasteiger partial charge in [0.1, 0.15) is 0 Å². The van der Waals surface area contributed by atoms with Crippen LogP contribution in [-0.4, -0.2) is 42.5 Å². The Kier molecular flexibility index (Phi) is 4.51. The highest BCUT2D eigenvalue weighted by atomic mass is 16.5. The SMILES string of the molecule is COc1cnc(OCC(C)(C)CO)c(OC)n1. The highest BCUT2D eigenvalue weighted by Crippen LogP contribution is 2.25. The number of nitrogens with zero attached hydrogens (tertiary/aromatic N) is 2. The highest BCUT2D eigenvalue weighted by molar-refractivity contribution is 5.28. The van der Waals surface area contributed by atoms with Crippen LogP contribution >= 0.6 is 0 Å². The lowest BCUT2D eigenvalue weighted by molar-refractivity contribution is 0.0926. The van der Waals surface area contributed by atoms with Crippen molar-refractivity contribution >= 4 is 0 Å². The third kappa shape index (κ3) is 3.74. The normalized spacial score (nSPS) is 11.1. The van der Waals surface area contributed by atoms with E-state index in [-0.39, 0.29) is 23.8 Å². The Morgan fingerprint density at radius 2 is 1.94 bits per heavy atom. The fourth-order valence-corrected chi connectivity index (χ4v) is 0.986. The molecule has 0 aliphatic carbocycles. The molecule has 1 aromatic rings. The molecule has 0 saturated heterocycles. The number of methoxy groups -OCH3 is 2. The van der Waals surface area contributed by atoms with Crippen LogP contribution in [0.1, 0.15) is 13.8 Å². The van der Waals surface area contributed by atoms with E-state index in [9.17, 15) is 0 Å². The van der Waals surface area contributed by atoms with Crippen molar-refractivity contribution in [3.63, 3.8) is 0 Å². The van der Waals surface area contributed by atoms with E-state index in [0.29, 0.717) is 12.5 Å². The maximum Gasteiger partial charge on any atom is 0.281 e. The Morgan fingerprint density at radius 1 is 1.24 bits per heavy atom. The topological polar surface area (TPSA) is 73.7 Å². The monoisotopic (exact) mass is 242 g/mol. The molecule has 0 radical (unpaired) electrons. The predicted octanol–water partition coefficient (Wildman–Crippen LogP) is 0.891. The molecule has 0 aliphatic heterocycles. The van der Waals surface area contributed by atoms with Crippen LogP contribution in [0.25, 0.3) is 0 Å². The number of aromatic nitrogens is 2. The van der Waals surface area contributed by atoms with E-state index in [1.165, 1.54) is 20.4 Å². The molecule has 6 heteroatoms. The lowest BCUT2D eigenvalue weighted by atomic mass is 9.97. The van der Waals surface area contributed by atoms with Crippen LogP contribution < -0.4 is 14.2 Å². The minimum Gasteiger partial charge on any atom is -0.480 e. The summed E-state index contributed by atoms with van der Waals surface area (Å²) >= 11 is 0. The maximum absolute atomic E-state index is 9.11. The second kappa shape index (κ2) is 5.67. The second-order valence-electron chi connectivity index (χ2n) is 4.34. The minimum atomic E-state index is -0.341. The molecule has 17 heavy (non-hydrogen) atoms. The summed E-state index contributed by atoms with van der Waals surface area (Å²) in [5.41, 5.74) is -0.341. The van der Waals surface area contributed by atoms with Gasteiger partial charge in [0.25, 0.3) is 11.8 Å². The highest BCUT2D eigenvalue weighted by Gasteiger charge is 2.19. The van der Waals surface area contributed by atoms with Crippen LogP contribution in [0.5, 0.6) is 17.6 Å². The summed E-state index contributed by atoms with van der Waals surface area (Å²) in [6.07, 6.45) is 1.45. The van der Waals surface area contributed by atoms with E-state index in [2.05, 4.69) is 9.97 Å². The Labute approximate surface area is 101 Å². The zero-order valence-electron chi connectivity index (χ0n) is 10.6. The van der Waals surface area contributed by atoms with Crippen LogP contribution in [0.15, 0.2) is 6.20 Å². The summed E-state index contributed by atoms with van der Waals surface area (Å²) in [6.45, 7) is 4.12. The summed E-state index contributed by atoms with van der Waals surface area (Å²) in [6, 6.07) is 0. The summed E-state index contributed by atoms with van der Waals surface area (Å²) in [5.74, 6) is 0.906. The standard InChI is InChI=1S/C11H18N2O4/c1-11(2,6-14)7-17-9-10(16-4)13-8(15-3)5-12-9/h5,14H,6-7H2,1-4H3. The number of ether oxygens (including phenoxy) is 3. The predicted molar refractivity (Wildman–Crippen MR) is 61.5 cm³/mol. The van der Waals surface area contributed by atoms with Gasteiger partial charge in [-0.3, -0.25) is 0 Å². The molecule has 1 rings (SSSR count). The first kappa shape index (κ1) is 13.5. The van der Waals surface area contributed by atoms with E-state index >= 15 is 0 Å². The molecule has 1 N–H and O–H groups in total. The summed E-state index contributed by atoms with van der Waals surface area (Å²) < 4.78 is 15.4. The van der Waals surface area contributed by atoms with Gasteiger partial charge >= 0.3 is 0 Å². The summed E-state index contributed by atoms with van der Waals surface area (Å²) in [7, 11) is 2.98. The van der Waals surface area contributed by atoms with Gasteiger partial charge in [-0.05, 0) is 0 Å². The van der Waals surface area contributed by atoms with Crippen LogP contribution in [0.2, 0.25) is 0 Å². The van der Waals surface area contributed by atoms with Gasteiger partial charge in [-0.25, -0.2) is 4.98 Å². The molecule has 0 bridgehead atoms. The number of aliphatic hydroxyl groups excluding tert-OH is 1. The Morgan fingerprint density at radius 3 is 2.47 bits per heavy atom. The van der Waals surface area contributed by atoms with Gasteiger partial charge in [-0.15, -0.1) is 0 Å². The zero-order chi connectivity index (χ0) is 12.9. The number of hydrogen-bond acceptors (Lipinski definition) is 6. The average Bonchev–Trinajstić information content (AvgIpc) is 2.36. The number of aliphatic hydroxyl groups is 1. The fourth-order valence-electron chi connectivity index (χ4n) is 0.986. The van der Waals surface area contributed by atoms with Gasteiger partial charge in [-0.2, -0.15) is 4.98 Å². The summed E-state index contributed by atoms with van der Waals surface area (Å²) in [5, 5.41) is 9.11. The van der Waals surface area contributed by atoms with E-state index in [1.54, 1.807) is 0 Å². The van der Waals surface area contributed by atoms with Crippen molar-refractivity contribution in [1.29, 1.82) is 0 Å². The molecular formula is C11H18N2O4. The maximum atomic E-state index is 9.11. The largest absolute Gasteiger partial charge is 0.480 e. The van der Waals surface area contributed by atoms with Crippen molar-refractivity contribution in [2.75, 3.05) is 27.4 Å². The number of rotatable bonds is 6. The molecule has 0 amide bonds. The lowest BCUT2D eigenvalue weighted by Gasteiger charge is -2.21. The zero-order valence-corrected chi connectivity index (χ0v) is 10.6. The molecule has 6 nitrogen and oxygen atoms in total. The quantitative estimate of drug-likeness (QED) is 0.798. The van der Waals surface area contributed by atoms with Gasteiger partial charge < -0.3 is 19.3 Å². The van der Waals surface area contributed by atoms with Crippen molar-refractivity contribution in [3.05, 3.63) is 6.20 Å². The molecule has 96 valence electrons. The van der Waals surface area contributed by atoms with Gasteiger partial charge in [0.2, 0.25) is 5.88 Å². The van der Waals surface area contributed by atoms with Crippen molar-refractivity contribution in [2.24, 2.45) is 5.41 Å². The third-order valence-corrected chi connectivity index (χ3v) is 2.12. The minimum absolute atomic E-state index is 0.0267. The van der Waals surface area contributed by atoms with Crippen molar-refractivity contribution in [3.8, 4) is 17.6 Å². The van der Waals surface area contributed by atoms with E-state index in [4.69, 9.17) is 19.3 Å². The first-order chi connectivity index (χ1) is 8.02. The Hall–Kier alpha value is -1.56. The third-order valence-electron chi connectivity index (χ3n) is 2.12. The first-order valence-electron chi connectivity index (χ1n) is 5.21. The van der Waals surface area contributed by atoms with E-state index in [1.807, 2.05) is 13.8 Å². The van der Waals surface area contributed by atoms with Crippen molar-refractivity contribution in [2.45, 2.75) is 13.8 Å². The van der Waals surface area contributed by atoms with Crippen molar-refractivity contribution < 1.29 is 19.3 Å². The van der Waals surface area contributed by atoms with Crippen LogP contribution in [-0.2, 0) is 0 Å². The smallest absolute Gasteiger partial charge is 0.281 e. The van der Waals surface area contributed by atoms with Crippen LogP contribution in [0, 0.1) is 5.41 Å². The molecule has 1 heterocycles. The molecule has 0 spiro atoms. The molecule has 0 atom stereocenters. The molecule has 1 aromatic heterocycles. The van der Waals surface area contributed by atoms with Crippen molar-refractivity contribution in [1.82, 2.24) is 9.97 Å². The molecule has 0 fully saturated rings. The van der Waals surface area contributed by atoms with E-state index in [0.717, 1.165) is 0 Å². The van der Waals surface area contributed by atoms with Gasteiger partial charge in [0.15, 0.2) is 0 Å². The summed E-state index contributed by atoms with van der Waals surface area (Å²) in [4.78, 5) is 8.08. The fraction of sp³-hybridized carbons (Fsp3) is 0.636. The molecule has 0 aliphatic rings. The van der Waals surface area contributed by atoms with Crippen LogP contribution in [0.4, 0.5) is 0 Å². The number of hydrogen-bond donors (Lipinski definition) is 1. The Balaban J connectivity index is 2.77. The molecule has 0 saturated carbocycles. The average molecular weight is 242 g/mol. The second-order valence-corrected chi connectivity index (χ2v) is 4.34. The molecule has 0 aromatic carbocycles.